The lowest BCUT2D eigenvalue weighted by molar-refractivity contribution is -0.123. The molecule has 208 valence electrons. The van der Waals surface area contributed by atoms with Crippen molar-refractivity contribution in [1.29, 1.82) is 0 Å². The fraction of sp³-hybridized carbons (Fsp3) is 0.548. The number of nitrogens with one attached hydrogen (secondary N) is 1. The zero-order chi connectivity index (χ0) is 28.1. The van der Waals surface area contributed by atoms with Crippen molar-refractivity contribution in [2.45, 2.75) is 85.4 Å². The van der Waals surface area contributed by atoms with Crippen LogP contribution in [0.4, 0.5) is 0 Å². The number of nitrogens with zero attached hydrogens (tertiary/aromatic N) is 4. The highest BCUT2D eigenvalue weighted by atomic mass is 16.2. The maximum Gasteiger partial charge on any atom is 0.330 e. The number of hydrogen-bond donors (Lipinski definition) is 1. The molecular weight excluding hydrogens is 490 g/mol. The minimum absolute atomic E-state index is 0.00188. The van der Waals surface area contributed by atoms with E-state index in [1.807, 2.05) is 34.9 Å². The predicted octanol–water partition coefficient (Wildman–Crippen LogP) is 4.61. The molecular formula is C31H41N5O3. The quantitative estimate of drug-likeness (QED) is 0.503. The molecule has 1 aliphatic carbocycles. The Labute approximate surface area is 230 Å². The molecule has 5 rings (SSSR count). The van der Waals surface area contributed by atoms with Crippen molar-refractivity contribution in [3.8, 4) is 0 Å². The van der Waals surface area contributed by atoms with E-state index in [1.165, 1.54) is 0 Å². The molecule has 39 heavy (non-hydrogen) atoms. The minimum atomic E-state index is -0.0428. The van der Waals surface area contributed by atoms with Crippen molar-refractivity contribution in [3.05, 3.63) is 63.7 Å². The predicted molar refractivity (Wildman–Crippen MR) is 153 cm³/mol. The van der Waals surface area contributed by atoms with E-state index in [1.54, 1.807) is 16.5 Å². The number of hydrogen-bond acceptors (Lipinski definition) is 4. The van der Waals surface area contributed by atoms with Crippen LogP contribution in [-0.2, 0) is 24.9 Å². The molecule has 1 N–H and O–H groups in total. The van der Waals surface area contributed by atoms with E-state index in [-0.39, 0.29) is 46.7 Å². The number of imidazole rings is 1. The summed E-state index contributed by atoms with van der Waals surface area (Å²) in [4.78, 5) is 45.4. The summed E-state index contributed by atoms with van der Waals surface area (Å²) in [5.41, 5.74) is 4.20. The smallest absolute Gasteiger partial charge is 0.330 e. The van der Waals surface area contributed by atoms with Crippen molar-refractivity contribution in [3.63, 3.8) is 0 Å². The van der Waals surface area contributed by atoms with E-state index < -0.39 is 0 Å². The fourth-order valence-corrected chi connectivity index (χ4v) is 6.11. The van der Waals surface area contributed by atoms with Crippen molar-refractivity contribution in [2.24, 2.45) is 17.9 Å². The Balaban J connectivity index is 1.27. The highest BCUT2D eigenvalue weighted by Gasteiger charge is 2.38. The van der Waals surface area contributed by atoms with E-state index in [2.05, 4.69) is 46.0 Å². The van der Waals surface area contributed by atoms with Crippen LogP contribution < -0.4 is 11.0 Å². The Morgan fingerprint density at radius 1 is 1.13 bits per heavy atom. The van der Waals surface area contributed by atoms with Crippen molar-refractivity contribution >= 4 is 23.0 Å². The third-order valence-corrected chi connectivity index (χ3v) is 8.49. The van der Waals surface area contributed by atoms with Crippen LogP contribution in [0.15, 0.2) is 41.2 Å². The lowest BCUT2D eigenvalue weighted by Gasteiger charge is -2.42. The van der Waals surface area contributed by atoms with Gasteiger partial charge in [-0.3, -0.25) is 18.7 Å². The molecule has 0 spiro atoms. The molecule has 2 atom stereocenters. The average Bonchev–Trinajstić information content (AvgIpc) is 3.32. The molecule has 1 aliphatic heterocycles. The molecule has 3 heterocycles. The highest BCUT2D eigenvalue weighted by Crippen LogP contribution is 2.42. The van der Waals surface area contributed by atoms with Crippen LogP contribution in [0.25, 0.3) is 11.2 Å². The van der Waals surface area contributed by atoms with E-state index in [4.69, 9.17) is 4.98 Å². The number of rotatable bonds is 6. The first-order valence-electron chi connectivity index (χ1n) is 14.1. The number of fused-ring (bicyclic) bond motifs is 2. The molecule has 2 amide bonds. The second-order valence-electron chi connectivity index (χ2n) is 13.3. The van der Waals surface area contributed by atoms with Crippen LogP contribution in [0.3, 0.4) is 0 Å². The van der Waals surface area contributed by atoms with Gasteiger partial charge < -0.3 is 10.2 Å². The number of benzene rings is 1. The topological polar surface area (TPSA) is 89.2 Å². The number of pyridine rings is 1. The van der Waals surface area contributed by atoms with E-state index in [9.17, 15) is 14.4 Å². The van der Waals surface area contributed by atoms with Crippen LogP contribution in [0.2, 0.25) is 0 Å². The van der Waals surface area contributed by atoms with Gasteiger partial charge in [0.15, 0.2) is 5.65 Å². The third kappa shape index (κ3) is 5.38. The second kappa shape index (κ2) is 9.96. The van der Waals surface area contributed by atoms with Gasteiger partial charge in [-0.2, -0.15) is 0 Å². The summed E-state index contributed by atoms with van der Waals surface area (Å²) < 4.78 is 3.47. The van der Waals surface area contributed by atoms with E-state index in [0.717, 1.165) is 41.6 Å². The van der Waals surface area contributed by atoms with Gasteiger partial charge in [0.1, 0.15) is 0 Å². The molecule has 2 aliphatic rings. The van der Waals surface area contributed by atoms with Crippen molar-refractivity contribution in [2.75, 3.05) is 6.54 Å². The van der Waals surface area contributed by atoms with Gasteiger partial charge in [-0.15, -0.1) is 0 Å². The molecule has 8 nitrogen and oxygen atoms in total. The van der Waals surface area contributed by atoms with E-state index in [0.29, 0.717) is 25.3 Å². The lowest BCUT2D eigenvalue weighted by Crippen LogP contribution is -2.49. The van der Waals surface area contributed by atoms with Gasteiger partial charge in [0, 0.05) is 56.3 Å². The summed E-state index contributed by atoms with van der Waals surface area (Å²) in [5.74, 6) is 0.176. The summed E-state index contributed by atoms with van der Waals surface area (Å²) in [6.45, 7) is 12.4. The molecule has 3 aromatic rings. The number of aryl methyl sites for hydroxylation is 1. The van der Waals surface area contributed by atoms with Crippen LogP contribution >= 0.6 is 0 Å². The lowest BCUT2D eigenvalue weighted by atomic mass is 9.68. The summed E-state index contributed by atoms with van der Waals surface area (Å²) in [7, 11) is 1.79. The molecule has 0 radical (unpaired) electrons. The zero-order valence-corrected chi connectivity index (χ0v) is 24.1. The minimum Gasteiger partial charge on any atom is -0.353 e. The van der Waals surface area contributed by atoms with Crippen LogP contribution in [0.5, 0.6) is 0 Å². The first-order valence-corrected chi connectivity index (χ1v) is 14.1. The Morgan fingerprint density at radius 3 is 2.59 bits per heavy atom. The van der Waals surface area contributed by atoms with Gasteiger partial charge in [-0.25, -0.2) is 9.78 Å². The number of carbonyl (C=O) groups is 2. The first kappa shape index (κ1) is 27.2. The highest BCUT2D eigenvalue weighted by molar-refractivity contribution is 5.98. The molecule has 2 unspecified atom stereocenters. The largest absolute Gasteiger partial charge is 0.353 e. The molecule has 0 bridgehead atoms. The molecule has 1 fully saturated rings. The molecule has 1 saturated carbocycles. The fourth-order valence-electron chi connectivity index (χ4n) is 6.11. The van der Waals surface area contributed by atoms with E-state index >= 15 is 0 Å². The number of aromatic nitrogens is 3. The number of amides is 2. The van der Waals surface area contributed by atoms with Crippen molar-refractivity contribution in [1.82, 2.24) is 24.3 Å². The maximum atomic E-state index is 13.0. The van der Waals surface area contributed by atoms with Gasteiger partial charge in [0.2, 0.25) is 5.91 Å². The summed E-state index contributed by atoms with van der Waals surface area (Å²) in [6, 6.07) is 11.7. The summed E-state index contributed by atoms with van der Waals surface area (Å²) in [5, 5.41) is 3.29. The standard InChI is InChI=1S/C31H41N5O3/c1-30(2,3)19-36-24-12-11-23(32-27(24)34(6)29(36)39)20-13-15-31(4,5)25(17-20)33-26(37)14-16-35-18-21-9-7-8-10-22(21)28(35)38/h7-12,20,25H,13-19H2,1-6H3,(H,33,37). The van der Waals surface area contributed by atoms with Gasteiger partial charge in [-0.05, 0) is 53.9 Å². The van der Waals surface area contributed by atoms with Crippen molar-refractivity contribution < 1.29 is 9.59 Å². The summed E-state index contributed by atoms with van der Waals surface area (Å²) >= 11 is 0. The Kier molecular flexibility index (Phi) is 6.93. The SMILES string of the molecule is Cn1c(=O)n(CC(C)(C)C)c2ccc(C3CCC(C)(C)C(NC(=O)CCN4Cc5ccccc5C4=O)C3)nc21. The zero-order valence-electron chi connectivity index (χ0n) is 24.1. The second-order valence-corrected chi connectivity index (χ2v) is 13.3. The normalized spacial score (nSPS) is 20.9. The van der Waals surface area contributed by atoms with Gasteiger partial charge in [0.05, 0.1) is 5.52 Å². The van der Waals surface area contributed by atoms with Crippen LogP contribution in [0.1, 0.15) is 87.8 Å². The molecule has 2 aromatic heterocycles. The van der Waals surface area contributed by atoms with Crippen LogP contribution in [0, 0.1) is 10.8 Å². The first-order chi connectivity index (χ1) is 18.3. The molecule has 0 saturated heterocycles. The van der Waals surface area contributed by atoms with Gasteiger partial charge in [-0.1, -0.05) is 52.8 Å². The Morgan fingerprint density at radius 2 is 1.87 bits per heavy atom. The third-order valence-electron chi connectivity index (χ3n) is 8.49. The molecule has 1 aromatic carbocycles. The Bertz CT molecular complexity index is 1480. The molecule has 8 heteroatoms. The Hall–Kier alpha value is -3.42. The number of carbonyl (C=O) groups excluding carboxylic acids is 2. The summed E-state index contributed by atoms with van der Waals surface area (Å²) in [6.07, 6.45) is 3.02. The monoisotopic (exact) mass is 531 g/mol. The van der Waals surface area contributed by atoms with Crippen LogP contribution in [-0.4, -0.2) is 43.4 Å². The van der Waals surface area contributed by atoms with Gasteiger partial charge in [0.25, 0.3) is 5.91 Å². The average molecular weight is 532 g/mol. The maximum absolute atomic E-state index is 13.0. The van der Waals surface area contributed by atoms with Gasteiger partial charge >= 0.3 is 5.69 Å².